The number of carbonyl (C=O) groups excluding carboxylic acids is 1. The summed E-state index contributed by atoms with van der Waals surface area (Å²) in [4.78, 5) is 12.7. The Hall–Kier alpha value is -1.10. The van der Waals surface area contributed by atoms with Crippen LogP contribution in [0.25, 0.3) is 0 Å². The third kappa shape index (κ3) is 2.43. The summed E-state index contributed by atoms with van der Waals surface area (Å²) in [5.41, 5.74) is 6.49. The standard InChI is InChI=1S/C17H24N2O2.ClH/c1-16(2)14-13(9-6-10-21-14)17(16,18)15(20)19-11-12-7-4-3-5-8-12;/h3-5,7-8,13-14H,6,9-11,18H2,1-2H3,(H,19,20);1H. The first kappa shape index (κ1) is 17.3. The van der Waals surface area contributed by atoms with Gasteiger partial charge in [0.05, 0.1) is 6.10 Å². The average Bonchev–Trinajstić information content (AvgIpc) is 2.52. The molecule has 1 saturated heterocycles. The molecule has 22 heavy (non-hydrogen) atoms. The summed E-state index contributed by atoms with van der Waals surface area (Å²) >= 11 is 0. The van der Waals surface area contributed by atoms with Gasteiger partial charge in [-0.3, -0.25) is 4.79 Å². The van der Waals surface area contributed by atoms with Crippen molar-refractivity contribution in [1.82, 2.24) is 5.32 Å². The highest BCUT2D eigenvalue weighted by atomic mass is 35.5. The maximum Gasteiger partial charge on any atom is 0.241 e. The van der Waals surface area contributed by atoms with Crippen molar-refractivity contribution in [3.63, 3.8) is 0 Å². The van der Waals surface area contributed by atoms with E-state index < -0.39 is 5.54 Å². The number of rotatable bonds is 3. The molecule has 2 aliphatic rings. The summed E-state index contributed by atoms with van der Waals surface area (Å²) in [7, 11) is 0. The molecular formula is C17H25ClN2O2. The molecule has 0 bridgehead atoms. The fourth-order valence-corrected chi connectivity index (χ4v) is 3.96. The largest absolute Gasteiger partial charge is 0.377 e. The predicted molar refractivity (Wildman–Crippen MR) is 88.7 cm³/mol. The summed E-state index contributed by atoms with van der Waals surface area (Å²) in [6, 6.07) is 9.91. The summed E-state index contributed by atoms with van der Waals surface area (Å²) in [6.45, 7) is 5.39. The summed E-state index contributed by atoms with van der Waals surface area (Å²) < 4.78 is 5.84. The number of amides is 1. The minimum atomic E-state index is -0.827. The molecule has 4 nitrogen and oxygen atoms in total. The third-order valence-electron chi connectivity index (χ3n) is 5.36. The lowest BCUT2D eigenvalue weighted by Gasteiger charge is -2.65. The van der Waals surface area contributed by atoms with E-state index in [1.165, 1.54) is 0 Å². The second-order valence-corrected chi connectivity index (χ2v) is 6.80. The number of benzene rings is 1. The van der Waals surface area contributed by atoms with E-state index in [1.807, 2.05) is 44.2 Å². The van der Waals surface area contributed by atoms with Gasteiger partial charge < -0.3 is 15.8 Å². The molecule has 1 heterocycles. The Bertz CT molecular complexity index is 535. The molecule has 3 atom stereocenters. The second-order valence-electron chi connectivity index (χ2n) is 6.80. The normalized spacial score (nSPS) is 32.1. The van der Waals surface area contributed by atoms with Crippen LogP contribution in [0.3, 0.4) is 0 Å². The van der Waals surface area contributed by atoms with Gasteiger partial charge in [-0.15, -0.1) is 12.4 Å². The Morgan fingerprint density at radius 3 is 2.73 bits per heavy atom. The number of carbonyl (C=O) groups is 1. The van der Waals surface area contributed by atoms with Crippen LogP contribution in [0, 0.1) is 11.3 Å². The number of hydrogen-bond donors (Lipinski definition) is 2. The van der Waals surface area contributed by atoms with Crippen molar-refractivity contribution >= 4 is 18.3 Å². The highest BCUT2D eigenvalue weighted by molar-refractivity contribution is 5.89. The third-order valence-corrected chi connectivity index (χ3v) is 5.36. The fraction of sp³-hybridized carbons (Fsp3) is 0.588. The first-order valence-electron chi connectivity index (χ1n) is 7.70. The fourth-order valence-electron chi connectivity index (χ4n) is 3.96. The Morgan fingerprint density at radius 2 is 2.05 bits per heavy atom. The number of fused-ring (bicyclic) bond motifs is 1. The molecule has 3 unspecified atom stereocenters. The molecule has 1 amide bonds. The molecule has 3 N–H and O–H groups in total. The van der Waals surface area contributed by atoms with Gasteiger partial charge >= 0.3 is 0 Å². The molecule has 0 radical (unpaired) electrons. The maximum atomic E-state index is 12.7. The van der Waals surface area contributed by atoms with Crippen molar-refractivity contribution < 1.29 is 9.53 Å². The van der Waals surface area contributed by atoms with Gasteiger partial charge in [-0.25, -0.2) is 0 Å². The molecule has 1 aliphatic carbocycles. The van der Waals surface area contributed by atoms with Crippen LogP contribution in [-0.4, -0.2) is 24.2 Å². The van der Waals surface area contributed by atoms with Crippen LogP contribution in [0.1, 0.15) is 32.3 Å². The van der Waals surface area contributed by atoms with Crippen LogP contribution >= 0.6 is 12.4 Å². The van der Waals surface area contributed by atoms with Crippen LogP contribution in [0.4, 0.5) is 0 Å². The van der Waals surface area contributed by atoms with Crippen LogP contribution in [-0.2, 0) is 16.1 Å². The SMILES string of the molecule is CC1(C)C2OCCCC2C1(N)C(=O)NCc1ccccc1.Cl. The van der Waals surface area contributed by atoms with Gasteiger partial charge in [0.15, 0.2) is 0 Å². The van der Waals surface area contributed by atoms with E-state index in [0.29, 0.717) is 6.54 Å². The maximum absolute atomic E-state index is 12.7. The lowest BCUT2D eigenvalue weighted by Crippen LogP contribution is -2.82. The van der Waals surface area contributed by atoms with Crippen molar-refractivity contribution in [2.45, 2.75) is 44.9 Å². The molecule has 0 aromatic heterocycles. The minimum Gasteiger partial charge on any atom is -0.377 e. The monoisotopic (exact) mass is 324 g/mol. The number of halogens is 1. The van der Waals surface area contributed by atoms with E-state index in [9.17, 15) is 4.79 Å². The molecule has 1 saturated carbocycles. The second kappa shape index (κ2) is 6.19. The van der Waals surface area contributed by atoms with Gasteiger partial charge in [0, 0.05) is 24.5 Å². The zero-order valence-electron chi connectivity index (χ0n) is 13.2. The molecule has 1 aromatic carbocycles. The quantitative estimate of drug-likeness (QED) is 0.896. The molecule has 1 aromatic rings. The summed E-state index contributed by atoms with van der Waals surface area (Å²) in [5, 5.41) is 3.01. The number of ether oxygens (including phenoxy) is 1. The van der Waals surface area contributed by atoms with Crippen LogP contribution in [0.5, 0.6) is 0 Å². The van der Waals surface area contributed by atoms with Gasteiger partial charge in [0.1, 0.15) is 5.54 Å². The number of nitrogens with two attached hydrogens (primary N) is 1. The predicted octanol–water partition coefficient (Wildman–Crippen LogP) is 2.26. The van der Waals surface area contributed by atoms with Gasteiger partial charge in [-0.1, -0.05) is 44.2 Å². The van der Waals surface area contributed by atoms with E-state index in [2.05, 4.69) is 5.32 Å². The highest BCUT2D eigenvalue weighted by Crippen LogP contribution is 2.57. The Labute approximate surface area is 138 Å². The van der Waals surface area contributed by atoms with Crippen molar-refractivity contribution in [2.75, 3.05) is 6.61 Å². The first-order chi connectivity index (χ1) is 9.98. The van der Waals surface area contributed by atoms with Crippen molar-refractivity contribution in [1.29, 1.82) is 0 Å². The molecule has 1 aliphatic heterocycles. The Balaban J connectivity index is 0.00000176. The van der Waals surface area contributed by atoms with Crippen LogP contribution in [0.15, 0.2) is 30.3 Å². The highest BCUT2D eigenvalue weighted by Gasteiger charge is 2.70. The summed E-state index contributed by atoms with van der Waals surface area (Å²) in [5.74, 6) is 0.0835. The van der Waals surface area contributed by atoms with E-state index >= 15 is 0 Å². The lowest BCUT2D eigenvalue weighted by atomic mass is 9.46. The van der Waals surface area contributed by atoms with E-state index in [1.54, 1.807) is 0 Å². The Kier molecular flexibility index (Phi) is 4.85. The topological polar surface area (TPSA) is 64.3 Å². The van der Waals surface area contributed by atoms with Crippen molar-refractivity contribution in [2.24, 2.45) is 17.1 Å². The minimum absolute atomic E-state index is 0. The van der Waals surface area contributed by atoms with E-state index in [0.717, 1.165) is 25.0 Å². The van der Waals surface area contributed by atoms with Crippen molar-refractivity contribution in [3.05, 3.63) is 35.9 Å². The van der Waals surface area contributed by atoms with Gasteiger partial charge in [-0.2, -0.15) is 0 Å². The smallest absolute Gasteiger partial charge is 0.241 e. The van der Waals surface area contributed by atoms with Gasteiger partial charge in [0.2, 0.25) is 5.91 Å². The molecule has 122 valence electrons. The zero-order chi connectivity index (χ0) is 15.1. The van der Waals surface area contributed by atoms with E-state index in [-0.39, 0.29) is 35.8 Å². The van der Waals surface area contributed by atoms with Gasteiger partial charge in [0.25, 0.3) is 0 Å². The molecule has 0 spiro atoms. The molecule has 2 fully saturated rings. The molecule has 3 rings (SSSR count). The van der Waals surface area contributed by atoms with Gasteiger partial charge in [-0.05, 0) is 18.4 Å². The van der Waals surface area contributed by atoms with Crippen molar-refractivity contribution in [3.8, 4) is 0 Å². The molecular weight excluding hydrogens is 300 g/mol. The lowest BCUT2D eigenvalue weighted by molar-refractivity contribution is -0.225. The zero-order valence-corrected chi connectivity index (χ0v) is 14.0. The van der Waals surface area contributed by atoms with Crippen LogP contribution < -0.4 is 11.1 Å². The molecule has 5 heteroatoms. The number of hydrogen-bond acceptors (Lipinski definition) is 3. The van der Waals surface area contributed by atoms with Crippen LogP contribution in [0.2, 0.25) is 0 Å². The Morgan fingerprint density at radius 1 is 1.36 bits per heavy atom. The summed E-state index contributed by atoms with van der Waals surface area (Å²) in [6.07, 6.45) is 2.07. The first-order valence-corrected chi connectivity index (χ1v) is 7.70. The average molecular weight is 325 g/mol. The number of nitrogens with one attached hydrogen (secondary N) is 1. The van der Waals surface area contributed by atoms with E-state index in [4.69, 9.17) is 10.5 Å².